The number of unbranched alkanes of at least 4 members (excludes halogenated alkanes) is 6. The molecule has 0 bridgehead atoms. The molecule has 16 heavy (non-hydrogen) atoms. The van der Waals surface area contributed by atoms with Crippen molar-refractivity contribution in [3.8, 4) is 0 Å². The van der Waals surface area contributed by atoms with Crippen molar-refractivity contribution < 1.29 is 12.6 Å². The monoisotopic (exact) mass is 248 g/mol. The second-order valence-corrected chi connectivity index (χ2v) is 6.39. The highest BCUT2D eigenvalue weighted by Gasteiger charge is 2.27. The maximum atomic E-state index is 11.0. The van der Waals surface area contributed by atoms with E-state index in [9.17, 15) is 8.42 Å². The molecule has 0 aromatic carbocycles. The van der Waals surface area contributed by atoms with Crippen molar-refractivity contribution in [2.24, 2.45) is 0 Å². The summed E-state index contributed by atoms with van der Waals surface area (Å²) in [5.41, 5.74) is 0. The van der Waals surface area contributed by atoms with Crippen molar-refractivity contribution in [1.82, 2.24) is 0 Å². The molecular weight excluding hydrogens is 224 g/mol. The van der Waals surface area contributed by atoms with Gasteiger partial charge in [-0.15, -0.1) is 0 Å². The third-order valence-corrected chi connectivity index (χ3v) is 4.40. The molecule has 1 aliphatic rings. The first kappa shape index (κ1) is 14.0. The predicted molar refractivity (Wildman–Crippen MR) is 65.9 cm³/mol. The van der Waals surface area contributed by atoms with Crippen LogP contribution < -0.4 is 0 Å². The lowest BCUT2D eigenvalue weighted by Gasteiger charge is -2.06. The van der Waals surface area contributed by atoms with Crippen molar-refractivity contribution in [2.45, 2.75) is 70.8 Å². The Morgan fingerprint density at radius 1 is 1.06 bits per heavy atom. The molecule has 0 saturated carbocycles. The van der Waals surface area contributed by atoms with Gasteiger partial charge in [-0.25, -0.2) is 0 Å². The second kappa shape index (κ2) is 7.28. The highest BCUT2D eigenvalue weighted by molar-refractivity contribution is 7.86. The summed E-state index contributed by atoms with van der Waals surface area (Å²) in [6.07, 6.45) is 10.4. The number of hydrogen-bond acceptors (Lipinski definition) is 3. The highest BCUT2D eigenvalue weighted by Crippen LogP contribution is 2.21. The molecule has 0 aromatic heterocycles. The zero-order valence-corrected chi connectivity index (χ0v) is 11.1. The van der Waals surface area contributed by atoms with Crippen LogP contribution in [0.4, 0.5) is 0 Å². The fourth-order valence-electron chi connectivity index (χ4n) is 2.10. The zero-order chi connectivity index (χ0) is 11.9. The lowest BCUT2D eigenvalue weighted by atomic mass is 10.1. The molecule has 3 nitrogen and oxygen atoms in total. The molecule has 1 heterocycles. The minimum absolute atomic E-state index is 0.0272. The van der Waals surface area contributed by atoms with Gasteiger partial charge in [-0.05, 0) is 12.8 Å². The van der Waals surface area contributed by atoms with E-state index < -0.39 is 10.1 Å². The van der Waals surface area contributed by atoms with Gasteiger partial charge in [0.2, 0.25) is 0 Å². The van der Waals surface area contributed by atoms with Gasteiger partial charge in [0.25, 0.3) is 10.1 Å². The summed E-state index contributed by atoms with van der Waals surface area (Å²) in [6.45, 7) is 2.22. The van der Waals surface area contributed by atoms with Crippen LogP contribution >= 0.6 is 0 Å². The SMILES string of the molecule is CCCCCCCCCC1CCS(=O)(=O)O1. The molecule has 1 rings (SSSR count). The summed E-state index contributed by atoms with van der Waals surface area (Å²) in [5.74, 6) is 0.216. The maximum absolute atomic E-state index is 11.0. The Morgan fingerprint density at radius 2 is 1.69 bits per heavy atom. The van der Waals surface area contributed by atoms with Gasteiger partial charge in [0.15, 0.2) is 0 Å². The first-order valence-electron chi connectivity index (χ1n) is 6.55. The van der Waals surface area contributed by atoms with Crippen LogP contribution in [-0.2, 0) is 14.3 Å². The lowest BCUT2D eigenvalue weighted by Crippen LogP contribution is -2.06. The molecule has 0 aromatic rings. The first-order chi connectivity index (χ1) is 7.64. The van der Waals surface area contributed by atoms with E-state index in [1.807, 2.05) is 0 Å². The molecule has 96 valence electrons. The van der Waals surface area contributed by atoms with E-state index in [0.29, 0.717) is 6.42 Å². The van der Waals surface area contributed by atoms with E-state index in [1.54, 1.807) is 0 Å². The van der Waals surface area contributed by atoms with E-state index in [2.05, 4.69) is 6.92 Å². The quantitative estimate of drug-likeness (QED) is 0.489. The van der Waals surface area contributed by atoms with Gasteiger partial charge in [-0.3, -0.25) is 4.18 Å². The number of rotatable bonds is 8. The molecule has 4 heteroatoms. The fourth-order valence-corrected chi connectivity index (χ4v) is 3.36. The maximum Gasteiger partial charge on any atom is 0.267 e. The van der Waals surface area contributed by atoms with E-state index in [4.69, 9.17) is 4.18 Å². The van der Waals surface area contributed by atoms with E-state index >= 15 is 0 Å². The van der Waals surface area contributed by atoms with Crippen LogP contribution in [0.3, 0.4) is 0 Å². The van der Waals surface area contributed by atoms with Gasteiger partial charge >= 0.3 is 0 Å². The van der Waals surface area contributed by atoms with Crippen molar-refractivity contribution in [3.63, 3.8) is 0 Å². The third kappa shape index (κ3) is 5.85. The van der Waals surface area contributed by atoms with Gasteiger partial charge in [0.05, 0.1) is 11.9 Å². The van der Waals surface area contributed by atoms with Gasteiger partial charge in [-0.1, -0.05) is 51.9 Å². The van der Waals surface area contributed by atoms with Crippen LogP contribution in [-0.4, -0.2) is 20.3 Å². The van der Waals surface area contributed by atoms with Crippen molar-refractivity contribution >= 4 is 10.1 Å². The molecular formula is C12H24O3S. The molecule has 1 fully saturated rings. The highest BCUT2D eigenvalue weighted by atomic mass is 32.2. The molecule has 0 aliphatic carbocycles. The van der Waals surface area contributed by atoms with Crippen LogP contribution in [0.25, 0.3) is 0 Å². The minimum Gasteiger partial charge on any atom is -0.267 e. The third-order valence-electron chi connectivity index (χ3n) is 3.10. The second-order valence-electron chi connectivity index (χ2n) is 4.68. The fraction of sp³-hybridized carbons (Fsp3) is 1.00. The lowest BCUT2D eigenvalue weighted by molar-refractivity contribution is 0.220. The van der Waals surface area contributed by atoms with E-state index in [1.165, 1.54) is 38.5 Å². The van der Waals surface area contributed by atoms with Crippen LogP contribution in [0.5, 0.6) is 0 Å². The Morgan fingerprint density at radius 3 is 2.25 bits per heavy atom. The molecule has 1 atom stereocenters. The van der Waals surface area contributed by atoms with Gasteiger partial charge < -0.3 is 0 Å². The summed E-state index contributed by atoms with van der Waals surface area (Å²) in [7, 11) is -3.15. The average Bonchev–Trinajstić information content (AvgIpc) is 2.57. The van der Waals surface area contributed by atoms with Gasteiger partial charge in [-0.2, -0.15) is 8.42 Å². The summed E-state index contributed by atoms with van der Waals surface area (Å²) in [4.78, 5) is 0. The topological polar surface area (TPSA) is 43.4 Å². The Kier molecular flexibility index (Phi) is 6.36. The van der Waals surface area contributed by atoms with Crippen LogP contribution in [0, 0.1) is 0 Å². The number of hydrogen-bond donors (Lipinski definition) is 0. The summed E-state index contributed by atoms with van der Waals surface area (Å²) in [6, 6.07) is 0. The van der Waals surface area contributed by atoms with Crippen LogP contribution in [0.15, 0.2) is 0 Å². The predicted octanol–water partition coefficient (Wildman–Crippen LogP) is 3.25. The Labute approximate surface area is 99.7 Å². The van der Waals surface area contributed by atoms with Crippen LogP contribution in [0.2, 0.25) is 0 Å². The molecule has 0 N–H and O–H groups in total. The molecule has 0 spiro atoms. The largest absolute Gasteiger partial charge is 0.267 e. The minimum atomic E-state index is -3.15. The standard InChI is InChI=1S/C12H24O3S/c1-2-3-4-5-6-7-8-9-12-10-11-16(13,14)15-12/h12H,2-11H2,1H3. The molecule has 0 radical (unpaired) electrons. The molecule has 0 amide bonds. The van der Waals surface area contributed by atoms with Gasteiger partial charge in [0, 0.05) is 0 Å². The first-order valence-corrected chi connectivity index (χ1v) is 8.13. The zero-order valence-electron chi connectivity index (χ0n) is 10.3. The van der Waals surface area contributed by atoms with Crippen LogP contribution in [0.1, 0.15) is 64.7 Å². The smallest absolute Gasteiger partial charge is 0.267 e. The molecule has 1 saturated heterocycles. The van der Waals surface area contributed by atoms with Crippen molar-refractivity contribution in [3.05, 3.63) is 0 Å². The molecule has 1 unspecified atom stereocenters. The Balaban J connectivity index is 1.92. The van der Waals surface area contributed by atoms with E-state index in [-0.39, 0.29) is 11.9 Å². The summed E-state index contributed by atoms with van der Waals surface area (Å²) < 4.78 is 27.0. The Hall–Kier alpha value is -0.0900. The van der Waals surface area contributed by atoms with Gasteiger partial charge in [0.1, 0.15) is 0 Å². The normalized spacial score (nSPS) is 23.7. The van der Waals surface area contributed by atoms with Crippen molar-refractivity contribution in [2.75, 3.05) is 5.75 Å². The average molecular weight is 248 g/mol. The Bertz CT molecular complexity index is 272. The summed E-state index contributed by atoms with van der Waals surface area (Å²) in [5, 5.41) is 0. The molecule has 1 aliphatic heterocycles. The van der Waals surface area contributed by atoms with Crippen molar-refractivity contribution in [1.29, 1.82) is 0 Å². The van der Waals surface area contributed by atoms with E-state index in [0.717, 1.165) is 12.8 Å². The summed E-state index contributed by atoms with van der Waals surface area (Å²) >= 11 is 0.